The van der Waals surface area contributed by atoms with Gasteiger partial charge in [-0.3, -0.25) is 0 Å². The third-order valence-electron chi connectivity index (χ3n) is 2.68. The summed E-state index contributed by atoms with van der Waals surface area (Å²) in [5, 5.41) is 3.41. The van der Waals surface area contributed by atoms with Crippen molar-refractivity contribution in [2.75, 3.05) is 13.1 Å². The van der Waals surface area contributed by atoms with Gasteiger partial charge in [-0.2, -0.15) is 0 Å². The van der Waals surface area contributed by atoms with E-state index in [1.165, 1.54) is 17.5 Å². The summed E-state index contributed by atoms with van der Waals surface area (Å²) in [5.41, 5.74) is 2.80. The molecule has 1 aromatic rings. The van der Waals surface area contributed by atoms with Gasteiger partial charge in [0.25, 0.3) is 0 Å². The molecule has 0 saturated heterocycles. The van der Waals surface area contributed by atoms with Crippen molar-refractivity contribution < 1.29 is 0 Å². The molecule has 0 heterocycles. The Bertz CT molecular complexity index is 250. The second-order valence-electron chi connectivity index (χ2n) is 3.82. The normalized spacial score (nSPS) is 12.8. The summed E-state index contributed by atoms with van der Waals surface area (Å²) >= 11 is 0. The Morgan fingerprint density at radius 3 is 2.29 bits per heavy atom. The van der Waals surface area contributed by atoms with Crippen molar-refractivity contribution in [1.82, 2.24) is 5.32 Å². The largest absolute Gasteiger partial charge is 0.316 e. The van der Waals surface area contributed by atoms with Gasteiger partial charge in [-0.1, -0.05) is 43.7 Å². The Hall–Kier alpha value is -0.820. The van der Waals surface area contributed by atoms with Gasteiger partial charge in [0.1, 0.15) is 0 Å². The second kappa shape index (κ2) is 5.82. The predicted molar refractivity (Wildman–Crippen MR) is 62.8 cm³/mol. The molecule has 0 aliphatic carbocycles. The molecule has 1 atom stereocenters. The number of hydrogen-bond acceptors (Lipinski definition) is 1. The zero-order valence-corrected chi connectivity index (χ0v) is 9.51. The fourth-order valence-corrected chi connectivity index (χ4v) is 1.66. The average Bonchev–Trinajstić information content (AvgIpc) is 2.21. The minimum Gasteiger partial charge on any atom is -0.316 e. The van der Waals surface area contributed by atoms with E-state index in [-0.39, 0.29) is 0 Å². The highest BCUT2D eigenvalue weighted by Gasteiger charge is 2.07. The van der Waals surface area contributed by atoms with Crippen LogP contribution in [0.5, 0.6) is 0 Å². The number of hydrogen-bond donors (Lipinski definition) is 1. The fraction of sp³-hybridized carbons (Fsp3) is 0.538. The van der Waals surface area contributed by atoms with Gasteiger partial charge in [0.15, 0.2) is 0 Å². The van der Waals surface area contributed by atoms with Crippen molar-refractivity contribution in [3.8, 4) is 0 Å². The molecule has 1 aromatic carbocycles. The molecule has 0 aliphatic rings. The van der Waals surface area contributed by atoms with Gasteiger partial charge in [-0.05, 0) is 31.4 Å². The topological polar surface area (TPSA) is 12.0 Å². The lowest BCUT2D eigenvalue weighted by atomic mass is 9.96. The maximum atomic E-state index is 3.41. The highest BCUT2D eigenvalue weighted by Crippen LogP contribution is 2.18. The lowest BCUT2D eigenvalue weighted by molar-refractivity contribution is 0.583. The molecular weight excluding hydrogens is 170 g/mol. The standard InChI is InChI=1S/C13H21N/c1-4-12(10-14-5-2)13-8-6-11(3)7-9-13/h6-9,12,14H,4-5,10H2,1-3H3. The average molecular weight is 191 g/mol. The van der Waals surface area contributed by atoms with Crippen molar-refractivity contribution in [1.29, 1.82) is 0 Å². The molecule has 0 saturated carbocycles. The number of rotatable bonds is 5. The Morgan fingerprint density at radius 1 is 1.14 bits per heavy atom. The zero-order chi connectivity index (χ0) is 10.4. The molecular formula is C13H21N. The van der Waals surface area contributed by atoms with E-state index >= 15 is 0 Å². The quantitative estimate of drug-likeness (QED) is 0.754. The molecule has 0 amide bonds. The molecule has 1 unspecified atom stereocenters. The second-order valence-corrected chi connectivity index (χ2v) is 3.82. The Morgan fingerprint density at radius 2 is 1.79 bits per heavy atom. The summed E-state index contributed by atoms with van der Waals surface area (Å²) in [7, 11) is 0. The molecule has 1 nitrogen and oxygen atoms in total. The van der Waals surface area contributed by atoms with Crippen LogP contribution in [-0.2, 0) is 0 Å². The summed E-state index contributed by atoms with van der Waals surface area (Å²) in [6.45, 7) is 8.69. The Balaban J connectivity index is 2.64. The van der Waals surface area contributed by atoms with E-state index in [1.807, 2.05) is 0 Å². The van der Waals surface area contributed by atoms with Gasteiger partial charge < -0.3 is 5.32 Å². The van der Waals surface area contributed by atoms with Crippen LogP contribution in [0.15, 0.2) is 24.3 Å². The van der Waals surface area contributed by atoms with E-state index < -0.39 is 0 Å². The molecule has 1 rings (SSSR count). The molecule has 14 heavy (non-hydrogen) atoms. The van der Waals surface area contributed by atoms with E-state index in [0.29, 0.717) is 5.92 Å². The van der Waals surface area contributed by atoms with Crippen LogP contribution in [0.1, 0.15) is 37.3 Å². The highest BCUT2D eigenvalue weighted by atomic mass is 14.8. The third kappa shape index (κ3) is 3.15. The number of aryl methyl sites for hydroxylation is 1. The smallest absolute Gasteiger partial charge is 0.00199 e. The van der Waals surface area contributed by atoms with E-state index in [1.54, 1.807) is 0 Å². The van der Waals surface area contributed by atoms with Gasteiger partial charge in [0.2, 0.25) is 0 Å². The molecule has 1 heteroatoms. The monoisotopic (exact) mass is 191 g/mol. The summed E-state index contributed by atoms with van der Waals surface area (Å²) in [4.78, 5) is 0. The van der Waals surface area contributed by atoms with Crippen LogP contribution < -0.4 is 5.32 Å². The molecule has 0 aliphatic heterocycles. The number of nitrogens with one attached hydrogen (secondary N) is 1. The van der Waals surface area contributed by atoms with Crippen LogP contribution in [0.3, 0.4) is 0 Å². The highest BCUT2D eigenvalue weighted by molar-refractivity contribution is 5.24. The summed E-state index contributed by atoms with van der Waals surface area (Å²) in [6.07, 6.45) is 1.20. The Kier molecular flexibility index (Phi) is 4.68. The summed E-state index contributed by atoms with van der Waals surface area (Å²) < 4.78 is 0. The minimum atomic E-state index is 0.663. The number of benzene rings is 1. The molecule has 1 N–H and O–H groups in total. The van der Waals surface area contributed by atoms with Crippen LogP contribution in [0.25, 0.3) is 0 Å². The van der Waals surface area contributed by atoms with E-state index in [9.17, 15) is 0 Å². The van der Waals surface area contributed by atoms with Crippen LogP contribution in [-0.4, -0.2) is 13.1 Å². The maximum absolute atomic E-state index is 3.41. The molecule has 0 fully saturated rings. The third-order valence-corrected chi connectivity index (χ3v) is 2.68. The van der Waals surface area contributed by atoms with E-state index in [2.05, 4.69) is 50.4 Å². The number of likely N-dealkylation sites (N-methyl/N-ethyl adjacent to an activating group) is 1. The lowest BCUT2D eigenvalue weighted by Gasteiger charge is -2.15. The minimum absolute atomic E-state index is 0.663. The first-order chi connectivity index (χ1) is 6.77. The van der Waals surface area contributed by atoms with Crippen LogP contribution in [0, 0.1) is 6.92 Å². The molecule has 0 aromatic heterocycles. The van der Waals surface area contributed by atoms with Crippen molar-refractivity contribution in [2.45, 2.75) is 33.1 Å². The van der Waals surface area contributed by atoms with Gasteiger partial charge in [-0.25, -0.2) is 0 Å². The lowest BCUT2D eigenvalue weighted by Crippen LogP contribution is -2.20. The predicted octanol–water partition coefficient (Wildman–Crippen LogP) is 3.10. The summed E-state index contributed by atoms with van der Waals surface area (Å²) in [5.74, 6) is 0.663. The van der Waals surface area contributed by atoms with E-state index in [4.69, 9.17) is 0 Å². The van der Waals surface area contributed by atoms with Gasteiger partial charge >= 0.3 is 0 Å². The zero-order valence-electron chi connectivity index (χ0n) is 9.51. The van der Waals surface area contributed by atoms with Crippen molar-refractivity contribution >= 4 is 0 Å². The van der Waals surface area contributed by atoms with Crippen molar-refractivity contribution in [2.24, 2.45) is 0 Å². The molecule has 0 bridgehead atoms. The summed E-state index contributed by atoms with van der Waals surface area (Å²) in [6, 6.07) is 8.90. The van der Waals surface area contributed by atoms with Crippen molar-refractivity contribution in [3.63, 3.8) is 0 Å². The van der Waals surface area contributed by atoms with Crippen LogP contribution in [0.2, 0.25) is 0 Å². The SMILES string of the molecule is CCNCC(CC)c1ccc(C)cc1. The van der Waals surface area contributed by atoms with E-state index in [0.717, 1.165) is 13.1 Å². The van der Waals surface area contributed by atoms with Gasteiger partial charge in [-0.15, -0.1) is 0 Å². The van der Waals surface area contributed by atoms with Gasteiger partial charge in [0, 0.05) is 6.54 Å². The molecule has 0 radical (unpaired) electrons. The first kappa shape index (κ1) is 11.3. The maximum Gasteiger partial charge on any atom is 0.00199 e. The van der Waals surface area contributed by atoms with Crippen molar-refractivity contribution in [3.05, 3.63) is 35.4 Å². The fourth-order valence-electron chi connectivity index (χ4n) is 1.66. The van der Waals surface area contributed by atoms with Crippen LogP contribution in [0.4, 0.5) is 0 Å². The first-order valence-electron chi connectivity index (χ1n) is 5.55. The van der Waals surface area contributed by atoms with Gasteiger partial charge in [0.05, 0.1) is 0 Å². The molecule has 0 spiro atoms. The Labute approximate surface area is 87.5 Å². The van der Waals surface area contributed by atoms with Crippen LogP contribution >= 0.6 is 0 Å². The first-order valence-corrected chi connectivity index (χ1v) is 5.55. The molecule has 78 valence electrons.